The van der Waals surface area contributed by atoms with Gasteiger partial charge in [-0.25, -0.2) is 0 Å². The van der Waals surface area contributed by atoms with Crippen molar-refractivity contribution in [1.82, 2.24) is 9.97 Å². The molecule has 0 bridgehead atoms. The molecule has 0 spiro atoms. The number of benzene rings is 3. The lowest BCUT2D eigenvalue weighted by Crippen LogP contribution is -1.99. The lowest BCUT2D eigenvalue weighted by atomic mass is 10.1. The fourth-order valence-corrected chi connectivity index (χ4v) is 3.03. The third-order valence-corrected chi connectivity index (χ3v) is 4.45. The number of nitrogens with one attached hydrogen (secondary N) is 1. The summed E-state index contributed by atoms with van der Waals surface area (Å²) in [4.78, 5) is 18.4. The van der Waals surface area contributed by atoms with E-state index in [0.29, 0.717) is 27.4 Å². The fraction of sp³-hybridized carbons (Fsp3) is 0.0435. The van der Waals surface area contributed by atoms with E-state index < -0.39 is 5.97 Å². The molecule has 6 heteroatoms. The number of aromatic amines is 1. The molecule has 1 aromatic heterocycles. The molecule has 0 saturated heterocycles. The molecule has 0 aliphatic heterocycles. The summed E-state index contributed by atoms with van der Waals surface area (Å²) in [5, 5.41) is 9.44. The maximum Gasteiger partial charge on any atom is 0.307 e. The number of fused-ring (bicyclic) bond motifs is 1. The van der Waals surface area contributed by atoms with Crippen molar-refractivity contribution in [3.63, 3.8) is 0 Å². The second kappa shape index (κ2) is 8.09. The predicted octanol–water partition coefficient (Wildman–Crippen LogP) is 5.04. The Morgan fingerprint density at radius 2 is 1.90 bits per heavy atom. The first-order chi connectivity index (χ1) is 14.1. The summed E-state index contributed by atoms with van der Waals surface area (Å²) in [5.41, 5.74) is 3.61. The average molecular weight is 403 g/mol. The van der Waals surface area contributed by atoms with Gasteiger partial charge in [-0.05, 0) is 42.0 Å². The maximum atomic E-state index is 10.9. The third-order valence-electron chi connectivity index (χ3n) is 4.13. The van der Waals surface area contributed by atoms with Crippen LogP contribution < -0.4 is 4.74 Å². The second-order valence-electron chi connectivity index (χ2n) is 6.33. The van der Waals surface area contributed by atoms with Crippen LogP contribution in [0.15, 0.2) is 66.7 Å². The Labute approximate surface area is 171 Å². The van der Waals surface area contributed by atoms with Crippen LogP contribution in [-0.4, -0.2) is 21.0 Å². The van der Waals surface area contributed by atoms with E-state index in [1.54, 1.807) is 36.4 Å². The van der Waals surface area contributed by atoms with Crippen molar-refractivity contribution in [2.75, 3.05) is 0 Å². The molecule has 4 rings (SSSR count). The number of carbonyl (C=O) groups is 1. The Morgan fingerprint density at radius 3 is 2.69 bits per heavy atom. The summed E-state index contributed by atoms with van der Waals surface area (Å²) in [6.07, 6.45) is -0.0730. The van der Waals surface area contributed by atoms with E-state index in [4.69, 9.17) is 21.4 Å². The van der Waals surface area contributed by atoms with Crippen LogP contribution in [0.2, 0.25) is 5.02 Å². The van der Waals surface area contributed by atoms with Crippen molar-refractivity contribution in [2.45, 2.75) is 6.42 Å². The predicted molar refractivity (Wildman–Crippen MR) is 111 cm³/mol. The van der Waals surface area contributed by atoms with Crippen LogP contribution in [-0.2, 0) is 11.2 Å². The summed E-state index contributed by atoms with van der Waals surface area (Å²) in [5.74, 6) is 5.76. The molecule has 1 heterocycles. The highest BCUT2D eigenvalue weighted by atomic mass is 35.5. The Bertz CT molecular complexity index is 1250. The number of rotatable bonds is 4. The molecule has 0 atom stereocenters. The Hall–Kier alpha value is -3.75. The minimum atomic E-state index is -0.898. The topological polar surface area (TPSA) is 75.2 Å². The Balaban J connectivity index is 1.60. The van der Waals surface area contributed by atoms with Gasteiger partial charge < -0.3 is 14.8 Å². The van der Waals surface area contributed by atoms with Crippen LogP contribution in [0.4, 0.5) is 0 Å². The van der Waals surface area contributed by atoms with E-state index in [2.05, 4.69) is 21.8 Å². The number of halogens is 1. The lowest BCUT2D eigenvalue weighted by molar-refractivity contribution is -0.136. The van der Waals surface area contributed by atoms with Gasteiger partial charge in [0, 0.05) is 11.1 Å². The van der Waals surface area contributed by atoms with Gasteiger partial charge in [0.2, 0.25) is 0 Å². The Morgan fingerprint density at radius 1 is 1.07 bits per heavy atom. The van der Waals surface area contributed by atoms with Crippen LogP contribution in [0, 0.1) is 11.8 Å². The summed E-state index contributed by atoms with van der Waals surface area (Å²) in [6.45, 7) is 0. The molecule has 0 saturated carbocycles. The molecule has 0 radical (unpaired) electrons. The first-order valence-electron chi connectivity index (χ1n) is 8.82. The van der Waals surface area contributed by atoms with E-state index in [9.17, 15) is 4.79 Å². The van der Waals surface area contributed by atoms with Gasteiger partial charge in [0.1, 0.15) is 5.75 Å². The quantitative estimate of drug-likeness (QED) is 0.469. The van der Waals surface area contributed by atoms with Crippen LogP contribution in [0.3, 0.4) is 0 Å². The van der Waals surface area contributed by atoms with Gasteiger partial charge in [0.15, 0.2) is 0 Å². The SMILES string of the molecule is O=C(O)Cc1cccc(Oc2nc3cc(C#Cc4ccccc4)c(Cl)cc3[nH]2)c1. The molecular formula is C23H15ClN2O3. The molecule has 0 unspecified atom stereocenters. The molecule has 0 amide bonds. The number of hydrogen-bond acceptors (Lipinski definition) is 3. The number of H-pyrrole nitrogens is 1. The van der Waals surface area contributed by atoms with Gasteiger partial charge in [-0.15, -0.1) is 0 Å². The van der Waals surface area contributed by atoms with Crippen molar-refractivity contribution < 1.29 is 14.6 Å². The highest BCUT2D eigenvalue weighted by Crippen LogP contribution is 2.27. The second-order valence-corrected chi connectivity index (χ2v) is 6.73. The van der Waals surface area contributed by atoms with E-state index in [1.165, 1.54) is 0 Å². The molecule has 142 valence electrons. The zero-order valence-electron chi connectivity index (χ0n) is 15.1. The summed E-state index contributed by atoms with van der Waals surface area (Å²) in [6, 6.07) is 20.4. The molecule has 0 aliphatic rings. The molecule has 2 N–H and O–H groups in total. The number of carboxylic acids is 1. The molecule has 29 heavy (non-hydrogen) atoms. The van der Waals surface area contributed by atoms with Gasteiger partial charge in [0.25, 0.3) is 6.01 Å². The third kappa shape index (κ3) is 4.57. The number of ether oxygens (including phenoxy) is 1. The number of hydrogen-bond donors (Lipinski definition) is 2. The maximum absolute atomic E-state index is 10.9. The number of aliphatic carboxylic acids is 1. The molecule has 4 aromatic rings. The van der Waals surface area contributed by atoms with Gasteiger partial charge in [-0.1, -0.05) is 53.8 Å². The zero-order chi connectivity index (χ0) is 20.2. The monoisotopic (exact) mass is 402 g/mol. The zero-order valence-corrected chi connectivity index (χ0v) is 15.9. The van der Waals surface area contributed by atoms with Crippen LogP contribution in [0.25, 0.3) is 11.0 Å². The highest BCUT2D eigenvalue weighted by molar-refractivity contribution is 6.32. The first kappa shape index (κ1) is 18.6. The van der Waals surface area contributed by atoms with Crippen LogP contribution >= 0.6 is 11.6 Å². The van der Waals surface area contributed by atoms with Crippen molar-refractivity contribution in [2.24, 2.45) is 0 Å². The molecule has 3 aromatic carbocycles. The fourth-order valence-electron chi connectivity index (χ4n) is 2.82. The van der Waals surface area contributed by atoms with E-state index >= 15 is 0 Å². The number of imidazole rings is 1. The van der Waals surface area contributed by atoms with E-state index in [1.807, 2.05) is 30.3 Å². The number of aromatic nitrogens is 2. The first-order valence-corrected chi connectivity index (χ1v) is 9.19. The minimum Gasteiger partial charge on any atom is -0.481 e. The van der Waals surface area contributed by atoms with E-state index in [-0.39, 0.29) is 12.4 Å². The molecule has 5 nitrogen and oxygen atoms in total. The summed E-state index contributed by atoms with van der Waals surface area (Å²) in [7, 11) is 0. The molecule has 0 aliphatic carbocycles. The standard InChI is InChI=1S/C23H15ClN2O3/c24-19-14-21-20(13-17(19)10-9-15-5-2-1-3-6-15)25-23(26-21)29-18-8-4-7-16(11-18)12-22(27)28/h1-8,11,13-14H,12H2,(H,25,26)(H,27,28). The van der Waals surface area contributed by atoms with Gasteiger partial charge in [-0.2, -0.15) is 4.98 Å². The summed E-state index contributed by atoms with van der Waals surface area (Å²) >= 11 is 6.36. The van der Waals surface area contributed by atoms with Crippen LogP contribution in [0.1, 0.15) is 16.7 Å². The van der Waals surface area contributed by atoms with Crippen molar-refractivity contribution >= 4 is 28.6 Å². The normalized spacial score (nSPS) is 10.4. The summed E-state index contributed by atoms with van der Waals surface area (Å²) < 4.78 is 5.76. The lowest BCUT2D eigenvalue weighted by Gasteiger charge is -2.03. The molecular weight excluding hydrogens is 388 g/mol. The van der Waals surface area contributed by atoms with Gasteiger partial charge in [0.05, 0.1) is 22.5 Å². The minimum absolute atomic E-state index is 0.0730. The molecule has 0 fully saturated rings. The Kier molecular flexibility index (Phi) is 5.19. The van der Waals surface area contributed by atoms with Crippen molar-refractivity contribution in [1.29, 1.82) is 0 Å². The average Bonchev–Trinajstić information content (AvgIpc) is 3.07. The van der Waals surface area contributed by atoms with E-state index in [0.717, 1.165) is 11.1 Å². The number of nitrogens with zero attached hydrogens (tertiary/aromatic N) is 1. The smallest absolute Gasteiger partial charge is 0.307 e. The largest absolute Gasteiger partial charge is 0.481 e. The van der Waals surface area contributed by atoms with Gasteiger partial charge in [-0.3, -0.25) is 4.79 Å². The van der Waals surface area contributed by atoms with Gasteiger partial charge >= 0.3 is 5.97 Å². The highest BCUT2D eigenvalue weighted by Gasteiger charge is 2.09. The van der Waals surface area contributed by atoms with Crippen LogP contribution in [0.5, 0.6) is 11.8 Å². The van der Waals surface area contributed by atoms with Crippen molar-refractivity contribution in [3.05, 3.63) is 88.4 Å². The number of carboxylic acid groups (broad SMARTS) is 1. The van der Waals surface area contributed by atoms with Crippen molar-refractivity contribution in [3.8, 4) is 23.6 Å².